The van der Waals surface area contributed by atoms with Crippen LogP contribution in [-0.2, 0) is 0 Å². The molecule has 0 fully saturated rings. The monoisotopic (exact) mass is 234 g/mol. The van der Waals surface area contributed by atoms with Crippen molar-refractivity contribution in [3.05, 3.63) is 29.3 Å². The van der Waals surface area contributed by atoms with Gasteiger partial charge in [0.2, 0.25) is 0 Å². The topological polar surface area (TPSA) is 55.1 Å². The maximum Gasteiger partial charge on any atom is 0.251 e. The van der Waals surface area contributed by atoms with Crippen LogP contribution in [-0.4, -0.2) is 11.9 Å². The molecule has 0 aliphatic carbocycles. The SMILES string of the molecule is CCC(NC(=O)c1cc(C)cc(N)c1)C(C)C. The van der Waals surface area contributed by atoms with Gasteiger partial charge < -0.3 is 11.1 Å². The van der Waals surface area contributed by atoms with E-state index in [1.54, 1.807) is 6.07 Å². The highest BCUT2D eigenvalue weighted by molar-refractivity contribution is 5.95. The molecule has 0 heterocycles. The van der Waals surface area contributed by atoms with E-state index in [0.29, 0.717) is 17.2 Å². The van der Waals surface area contributed by atoms with Crippen molar-refractivity contribution < 1.29 is 4.79 Å². The molecule has 1 amide bonds. The molecule has 3 N–H and O–H groups in total. The van der Waals surface area contributed by atoms with Crippen LogP contribution in [0.25, 0.3) is 0 Å². The second kappa shape index (κ2) is 5.71. The van der Waals surface area contributed by atoms with E-state index in [1.165, 1.54) is 0 Å². The Labute approximate surface area is 103 Å². The largest absolute Gasteiger partial charge is 0.399 e. The molecule has 0 radical (unpaired) electrons. The van der Waals surface area contributed by atoms with E-state index in [1.807, 2.05) is 19.1 Å². The molecular weight excluding hydrogens is 212 g/mol. The number of amides is 1. The van der Waals surface area contributed by atoms with Gasteiger partial charge >= 0.3 is 0 Å². The van der Waals surface area contributed by atoms with E-state index >= 15 is 0 Å². The summed E-state index contributed by atoms with van der Waals surface area (Å²) in [6, 6.07) is 5.65. The molecule has 0 bridgehead atoms. The van der Waals surface area contributed by atoms with Crippen molar-refractivity contribution in [2.24, 2.45) is 5.92 Å². The quantitative estimate of drug-likeness (QED) is 0.787. The molecule has 0 aliphatic heterocycles. The molecule has 1 unspecified atom stereocenters. The number of anilines is 1. The minimum absolute atomic E-state index is 0.0408. The van der Waals surface area contributed by atoms with Crippen LogP contribution in [0.1, 0.15) is 43.1 Å². The van der Waals surface area contributed by atoms with Crippen molar-refractivity contribution in [1.82, 2.24) is 5.32 Å². The number of nitrogens with one attached hydrogen (secondary N) is 1. The fraction of sp³-hybridized carbons (Fsp3) is 0.500. The Morgan fingerprint density at radius 3 is 2.47 bits per heavy atom. The van der Waals surface area contributed by atoms with Gasteiger partial charge in [-0.3, -0.25) is 4.79 Å². The van der Waals surface area contributed by atoms with Crippen molar-refractivity contribution >= 4 is 11.6 Å². The highest BCUT2D eigenvalue weighted by Gasteiger charge is 2.15. The molecule has 1 rings (SSSR count). The van der Waals surface area contributed by atoms with Gasteiger partial charge in [-0.05, 0) is 43.0 Å². The second-order valence-electron chi connectivity index (χ2n) is 4.86. The Morgan fingerprint density at radius 1 is 1.35 bits per heavy atom. The minimum Gasteiger partial charge on any atom is -0.399 e. The summed E-state index contributed by atoms with van der Waals surface area (Å²) in [4.78, 5) is 12.1. The lowest BCUT2D eigenvalue weighted by molar-refractivity contribution is 0.0924. The fourth-order valence-corrected chi connectivity index (χ4v) is 1.94. The molecule has 0 saturated heterocycles. The number of hydrogen-bond donors (Lipinski definition) is 2. The van der Waals surface area contributed by atoms with Gasteiger partial charge in [-0.25, -0.2) is 0 Å². The van der Waals surface area contributed by atoms with Gasteiger partial charge in [0, 0.05) is 17.3 Å². The van der Waals surface area contributed by atoms with Gasteiger partial charge in [0.25, 0.3) is 5.91 Å². The second-order valence-corrected chi connectivity index (χ2v) is 4.86. The Kier molecular flexibility index (Phi) is 4.55. The predicted octanol–water partition coefficient (Wildman–Crippen LogP) is 2.74. The molecular formula is C14H22N2O. The van der Waals surface area contributed by atoms with Crippen LogP contribution in [0.4, 0.5) is 5.69 Å². The maximum absolute atomic E-state index is 12.1. The minimum atomic E-state index is -0.0408. The maximum atomic E-state index is 12.1. The molecule has 3 heteroatoms. The smallest absolute Gasteiger partial charge is 0.251 e. The summed E-state index contributed by atoms with van der Waals surface area (Å²) in [5, 5.41) is 3.04. The molecule has 0 aromatic heterocycles. The van der Waals surface area contributed by atoms with Gasteiger partial charge in [0.15, 0.2) is 0 Å². The first kappa shape index (κ1) is 13.6. The van der Waals surface area contributed by atoms with Crippen LogP contribution >= 0.6 is 0 Å². The zero-order valence-corrected chi connectivity index (χ0v) is 11.1. The third-order valence-corrected chi connectivity index (χ3v) is 2.92. The fourth-order valence-electron chi connectivity index (χ4n) is 1.94. The molecule has 0 spiro atoms. The van der Waals surface area contributed by atoms with E-state index < -0.39 is 0 Å². The third-order valence-electron chi connectivity index (χ3n) is 2.92. The van der Waals surface area contributed by atoms with Crippen molar-refractivity contribution in [3.8, 4) is 0 Å². The number of aryl methyl sites for hydroxylation is 1. The average molecular weight is 234 g/mol. The van der Waals surface area contributed by atoms with Crippen LogP contribution < -0.4 is 11.1 Å². The highest BCUT2D eigenvalue weighted by Crippen LogP contribution is 2.13. The Balaban J connectivity index is 2.82. The Hall–Kier alpha value is -1.51. The lowest BCUT2D eigenvalue weighted by Crippen LogP contribution is -2.38. The number of hydrogen-bond acceptors (Lipinski definition) is 2. The van der Waals surface area contributed by atoms with Crippen molar-refractivity contribution in [1.29, 1.82) is 0 Å². The molecule has 1 aromatic carbocycles. The summed E-state index contributed by atoms with van der Waals surface area (Å²) in [5.74, 6) is 0.395. The van der Waals surface area contributed by atoms with Crippen LogP contribution in [0.15, 0.2) is 18.2 Å². The number of rotatable bonds is 4. The molecule has 3 nitrogen and oxygen atoms in total. The van der Waals surface area contributed by atoms with E-state index in [-0.39, 0.29) is 11.9 Å². The van der Waals surface area contributed by atoms with E-state index in [9.17, 15) is 4.79 Å². The zero-order valence-electron chi connectivity index (χ0n) is 11.1. The first-order valence-corrected chi connectivity index (χ1v) is 6.12. The highest BCUT2D eigenvalue weighted by atomic mass is 16.1. The Bertz CT molecular complexity index is 379. The van der Waals surface area contributed by atoms with Crippen molar-refractivity contribution in [2.45, 2.75) is 40.2 Å². The van der Waals surface area contributed by atoms with Crippen LogP contribution in [0.5, 0.6) is 0 Å². The normalized spacial score (nSPS) is 12.5. The third kappa shape index (κ3) is 3.77. The van der Waals surface area contributed by atoms with Crippen LogP contribution in [0, 0.1) is 12.8 Å². The van der Waals surface area contributed by atoms with Crippen molar-refractivity contribution in [3.63, 3.8) is 0 Å². The van der Waals surface area contributed by atoms with E-state index in [2.05, 4.69) is 26.1 Å². The standard InChI is InChI=1S/C14H22N2O/c1-5-13(9(2)3)16-14(17)11-6-10(4)7-12(15)8-11/h6-9,13H,5,15H2,1-4H3,(H,16,17). The summed E-state index contributed by atoms with van der Waals surface area (Å²) >= 11 is 0. The Morgan fingerprint density at radius 2 is 2.00 bits per heavy atom. The van der Waals surface area contributed by atoms with E-state index in [4.69, 9.17) is 5.73 Å². The van der Waals surface area contributed by atoms with Gasteiger partial charge in [0.1, 0.15) is 0 Å². The number of nitrogen functional groups attached to an aromatic ring is 1. The lowest BCUT2D eigenvalue weighted by Gasteiger charge is -2.20. The molecule has 17 heavy (non-hydrogen) atoms. The van der Waals surface area contributed by atoms with Crippen molar-refractivity contribution in [2.75, 3.05) is 5.73 Å². The molecule has 94 valence electrons. The summed E-state index contributed by atoms with van der Waals surface area (Å²) in [5.41, 5.74) is 8.02. The zero-order chi connectivity index (χ0) is 13.0. The van der Waals surface area contributed by atoms with Crippen LogP contribution in [0.2, 0.25) is 0 Å². The summed E-state index contributed by atoms with van der Waals surface area (Å²) < 4.78 is 0. The number of benzene rings is 1. The van der Waals surface area contributed by atoms with E-state index in [0.717, 1.165) is 12.0 Å². The number of carbonyl (C=O) groups excluding carboxylic acids is 1. The number of nitrogens with two attached hydrogens (primary N) is 1. The summed E-state index contributed by atoms with van der Waals surface area (Å²) in [7, 11) is 0. The van der Waals surface area contributed by atoms with Crippen LogP contribution in [0.3, 0.4) is 0 Å². The average Bonchev–Trinajstić information content (AvgIpc) is 2.23. The summed E-state index contributed by atoms with van der Waals surface area (Å²) in [6.45, 7) is 8.24. The van der Waals surface area contributed by atoms with Gasteiger partial charge in [0.05, 0.1) is 0 Å². The van der Waals surface area contributed by atoms with Gasteiger partial charge in [-0.15, -0.1) is 0 Å². The molecule has 0 saturated carbocycles. The predicted molar refractivity (Wildman–Crippen MR) is 72.0 cm³/mol. The first-order valence-electron chi connectivity index (χ1n) is 6.12. The first-order chi connectivity index (χ1) is 7.93. The molecule has 0 aliphatic rings. The van der Waals surface area contributed by atoms with Gasteiger partial charge in [-0.1, -0.05) is 20.8 Å². The lowest BCUT2D eigenvalue weighted by atomic mass is 10.0. The molecule has 1 aromatic rings. The summed E-state index contributed by atoms with van der Waals surface area (Å²) in [6.07, 6.45) is 0.935. The van der Waals surface area contributed by atoms with Gasteiger partial charge in [-0.2, -0.15) is 0 Å². The molecule has 1 atom stereocenters. The number of carbonyl (C=O) groups is 1.